The predicted octanol–water partition coefficient (Wildman–Crippen LogP) is 3.63. The highest BCUT2D eigenvalue weighted by molar-refractivity contribution is 5.68. The van der Waals surface area contributed by atoms with E-state index in [1.54, 1.807) is 25.3 Å². The molecule has 1 unspecified atom stereocenters. The number of rotatable bonds is 6. The molecule has 1 atom stereocenters. The molecule has 0 radical (unpaired) electrons. The summed E-state index contributed by atoms with van der Waals surface area (Å²) in [5.74, 6) is 0.954. The van der Waals surface area contributed by atoms with Gasteiger partial charge in [0.05, 0.1) is 13.7 Å². The molecule has 1 aliphatic rings. The number of carbonyl (C=O) groups excluding carboxylic acids is 1. The van der Waals surface area contributed by atoms with Crippen LogP contribution in [-0.2, 0) is 11.2 Å². The largest absolute Gasteiger partial charge is 0.493 e. The standard InChI is InChI=1S/C19H20FNO4/c1-23-17-7-4-14(16-8-10-21-19(22)25-16)12-18(17)24-11-9-13-2-5-15(20)6-3-13/h2-7,12,16H,8-11H2,1H3,(H,21,22). The number of carbonyl (C=O) groups is 1. The van der Waals surface area contributed by atoms with Crippen molar-refractivity contribution in [3.05, 3.63) is 59.4 Å². The number of cyclic esters (lactones) is 1. The quantitative estimate of drug-likeness (QED) is 0.869. The number of amides is 1. The first-order chi connectivity index (χ1) is 12.2. The van der Waals surface area contributed by atoms with Gasteiger partial charge >= 0.3 is 6.09 Å². The molecule has 0 aromatic heterocycles. The van der Waals surface area contributed by atoms with E-state index in [9.17, 15) is 9.18 Å². The van der Waals surface area contributed by atoms with Crippen molar-refractivity contribution in [2.24, 2.45) is 0 Å². The Kier molecular flexibility index (Phi) is 5.38. The number of hydrogen-bond donors (Lipinski definition) is 1. The topological polar surface area (TPSA) is 56.8 Å². The molecule has 132 valence electrons. The van der Waals surface area contributed by atoms with Crippen molar-refractivity contribution >= 4 is 6.09 Å². The monoisotopic (exact) mass is 345 g/mol. The van der Waals surface area contributed by atoms with Crippen LogP contribution in [0.2, 0.25) is 0 Å². The Morgan fingerprint density at radius 1 is 1.20 bits per heavy atom. The zero-order chi connectivity index (χ0) is 17.6. The summed E-state index contributed by atoms with van der Waals surface area (Å²) in [6.45, 7) is 1.01. The lowest BCUT2D eigenvalue weighted by Gasteiger charge is -2.24. The highest BCUT2D eigenvalue weighted by atomic mass is 19.1. The third kappa shape index (κ3) is 4.41. The van der Waals surface area contributed by atoms with Crippen LogP contribution < -0.4 is 14.8 Å². The van der Waals surface area contributed by atoms with E-state index in [1.165, 1.54) is 12.1 Å². The van der Waals surface area contributed by atoms with Gasteiger partial charge in [0.1, 0.15) is 11.9 Å². The van der Waals surface area contributed by atoms with Crippen LogP contribution in [0.3, 0.4) is 0 Å². The molecule has 1 fully saturated rings. The Balaban J connectivity index is 1.67. The van der Waals surface area contributed by atoms with Gasteiger partial charge in [0, 0.05) is 19.4 Å². The van der Waals surface area contributed by atoms with Crippen molar-refractivity contribution in [3.8, 4) is 11.5 Å². The van der Waals surface area contributed by atoms with E-state index in [2.05, 4.69) is 5.32 Å². The highest BCUT2D eigenvalue weighted by Gasteiger charge is 2.22. The molecule has 0 spiro atoms. The first kappa shape index (κ1) is 17.1. The molecule has 1 aliphatic heterocycles. The minimum absolute atomic E-state index is 0.254. The number of alkyl carbamates (subject to hydrolysis) is 1. The van der Waals surface area contributed by atoms with Crippen LogP contribution in [0, 0.1) is 5.82 Å². The van der Waals surface area contributed by atoms with Crippen LogP contribution in [0.25, 0.3) is 0 Å². The number of hydrogen-bond acceptors (Lipinski definition) is 4. The van der Waals surface area contributed by atoms with Gasteiger partial charge in [0.2, 0.25) is 0 Å². The lowest BCUT2D eigenvalue weighted by molar-refractivity contribution is 0.0736. The van der Waals surface area contributed by atoms with Crippen molar-refractivity contribution < 1.29 is 23.4 Å². The van der Waals surface area contributed by atoms with Gasteiger partial charge in [0.15, 0.2) is 11.5 Å². The number of benzene rings is 2. The van der Waals surface area contributed by atoms with Crippen LogP contribution in [0.1, 0.15) is 23.7 Å². The number of halogens is 1. The van der Waals surface area contributed by atoms with E-state index in [4.69, 9.17) is 14.2 Å². The molecular weight excluding hydrogens is 325 g/mol. The summed E-state index contributed by atoms with van der Waals surface area (Å²) in [4.78, 5) is 11.4. The summed E-state index contributed by atoms with van der Waals surface area (Å²) in [7, 11) is 1.58. The van der Waals surface area contributed by atoms with Crippen molar-refractivity contribution in [2.45, 2.75) is 18.9 Å². The zero-order valence-corrected chi connectivity index (χ0v) is 14.0. The molecule has 0 bridgehead atoms. The molecule has 0 aliphatic carbocycles. The average molecular weight is 345 g/mol. The lowest BCUT2D eigenvalue weighted by Crippen LogP contribution is -2.33. The minimum atomic E-state index is -0.411. The van der Waals surface area contributed by atoms with Gasteiger partial charge < -0.3 is 19.5 Å². The van der Waals surface area contributed by atoms with Crippen LogP contribution in [0.15, 0.2) is 42.5 Å². The molecule has 1 saturated heterocycles. The molecule has 25 heavy (non-hydrogen) atoms. The Hall–Kier alpha value is -2.76. The molecule has 1 amide bonds. The van der Waals surface area contributed by atoms with Gasteiger partial charge in [-0.05, 0) is 35.4 Å². The second-order valence-corrected chi connectivity index (χ2v) is 5.74. The third-order valence-electron chi connectivity index (χ3n) is 4.05. The molecule has 0 saturated carbocycles. The van der Waals surface area contributed by atoms with Gasteiger partial charge in [0.25, 0.3) is 0 Å². The molecule has 6 heteroatoms. The third-order valence-corrected chi connectivity index (χ3v) is 4.05. The maximum atomic E-state index is 12.9. The molecule has 2 aromatic carbocycles. The molecule has 5 nitrogen and oxygen atoms in total. The van der Waals surface area contributed by atoms with E-state index < -0.39 is 6.09 Å². The lowest BCUT2D eigenvalue weighted by atomic mass is 10.0. The zero-order valence-electron chi connectivity index (χ0n) is 14.0. The van der Waals surface area contributed by atoms with Crippen molar-refractivity contribution in [1.82, 2.24) is 5.32 Å². The van der Waals surface area contributed by atoms with Gasteiger partial charge in [-0.3, -0.25) is 0 Å². The Bertz CT molecular complexity index is 733. The number of methoxy groups -OCH3 is 1. The first-order valence-electron chi connectivity index (χ1n) is 8.15. The van der Waals surface area contributed by atoms with Gasteiger partial charge in [-0.15, -0.1) is 0 Å². The normalized spacial score (nSPS) is 16.7. The molecular formula is C19H20FNO4. The van der Waals surface area contributed by atoms with E-state index in [0.717, 1.165) is 11.1 Å². The van der Waals surface area contributed by atoms with Crippen LogP contribution >= 0.6 is 0 Å². The van der Waals surface area contributed by atoms with E-state index in [0.29, 0.717) is 37.5 Å². The van der Waals surface area contributed by atoms with Gasteiger partial charge in [-0.2, -0.15) is 0 Å². The molecule has 2 aromatic rings. The fourth-order valence-electron chi connectivity index (χ4n) is 2.71. The summed E-state index contributed by atoms with van der Waals surface area (Å²) in [6.07, 6.45) is 0.647. The first-order valence-corrected chi connectivity index (χ1v) is 8.15. The van der Waals surface area contributed by atoms with E-state index in [1.807, 2.05) is 12.1 Å². The average Bonchev–Trinajstić information content (AvgIpc) is 2.63. The fourth-order valence-corrected chi connectivity index (χ4v) is 2.71. The Labute approximate surface area is 145 Å². The van der Waals surface area contributed by atoms with Gasteiger partial charge in [-0.1, -0.05) is 18.2 Å². The second kappa shape index (κ2) is 7.88. The SMILES string of the molecule is COc1ccc(C2CCNC(=O)O2)cc1OCCc1ccc(F)cc1. The molecule has 1 heterocycles. The smallest absolute Gasteiger partial charge is 0.407 e. The Morgan fingerprint density at radius 2 is 2.00 bits per heavy atom. The second-order valence-electron chi connectivity index (χ2n) is 5.74. The van der Waals surface area contributed by atoms with E-state index >= 15 is 0 Å². The Morgan fingerprint density at radius 3 is 2.72 bits per heavy atom. The van der Waals surface area contributed by atoms with Gasteiger partial charge in [-0.25, -0.2) is 9.18 Å². The minimum Gasteiger partial charge on any atom is -0.493 e. The predicted molar refractivity (Wildman–Crippen MR) is 90.4 cm³/mol. The molecule has 1 N–H and O–H groups in total. The maximum absolute atomic E-state index is 12.9. The number of ether oxygens (including phenoxy) is 3. The summed E-state index contributed by atoms with van der Waals surface area (Å²) in [6, 6.07) is 11.9. The highest BCUT2D eigenvalue weighted by Crippen LogP contribution is 2.33. The van der Waals surface area contributed by atoms with Crippen molar-refractivity contribution in [3.63, 3.8) is 0 Å². The van der Waals surface area contributed by atoms with E-state index in [-0.39, 0.29) is 11.9 Å². The molecule has 3 rings (SSSR count). The summed E-state index contributed by atoms with van der Waals surface area (Å²) in [5, 5.41) is 2.63. The summed E-state index contributed by atoms with van der Waals surface area (Å²) >= 11 is 0. The van der Waals surface area contributed by atoms with Crippen molar-refractivity contribution in [2.75, 3.05) is 20.3 Å². The van der Waals surface area contributed by atoms with Crippen LogP contribution in [0.5, 0.6) is 11.5 Å². The maximum Gasteiger partial charge on any atom is 0.407 e. The summed E-state index contributed by atoms with van der Waals surface area (Å²) in [5.41, 5.74) is 1.86. The number of nitrogens with one attached hydrogen (secondary N) is 1. The van der Waals surface area contributed by atoms with Crippen molar-refractivity contribution in [1.29, 1.82) is 0 Å². The van der Waals surface area contributed by atoms with Crippen LogP contribution in [0.4, 0.5) is 9.18 Å². The van der Waals surface area contributed by atoms with Crippen LogP contribution in [-0.4, -0.2) is 26.4 Å². The summed E-state index contributed by atoms with van der Waals surface area (Å²) < 4.78 is 29.4. The fraction of sp³-hybridized carbons (Fsp3) is 0.316.